The van der Waals surface area contributed by atoms with Gasteiger partial charge in [0.2, 0.25) is 11.8 Å². The first-order valence-electron chi connectivity index (χ1n) is 15.3. The summed E-state index contributed by atoms with van der Waals surface area (Å²) in [5.74, 6) is -1.54. The Balaban J connectivity index is 1.12. The van der Waals surface area contributed by atoms with Gasteiger partial charge in [0.05, 0.1) is 5.54 Å². The Morgan fingerprint density at radius 3 is 2.34 bits per heavy atom. The molecule has 0 aromatic heterocycles. The summed E-state index contributed by atoms with van der Waals surface area (Å²) in [6, 6.07) is 18.4. The van der Waals surface area contributed by atoms with Crippen LogP contribution in [0.3, 0.4) is 0 Å². The monoisotopic (exact) mass is 596 g/mol. The number of amides is 3. The minimum atomic E-state index is -1.04. The molecule has 226 valence electrons. The van der Waals surface area contributed by atoms with Crippen LogP contribution >= 0.6 is 0 Å². The standard InChI is InChI=1S/C35H34F2N4O3/c1-33(25-16-26(36)18-27(37)17-25)13-14-34(11-5-6-12-34)32(44)41(33)21-29(42)38-28-10-9-23-19-35(20-24(23)15-28)31(43)39-30(40-35)22-7-3-2-4-8-22/h2-4,7-10,15-18H,5-6,11-14,19-21H2,1H3,(H,38,42)(H,39,40,43)/t33-,35?/m0/s1. The zero-order valence-corrected chi connectivity index (χ0v) is 24.6. The maximum atomic E-state index is 14.3. The molecule has 1 unspecified atom stereocenters. The Morgan fingerprint density at radius 2 is 1.61 bits per heavy atom. The van der Waals surface area contributed by atoms with Gasteiger partial charge in [-0.25, -0.2) is 8.78 Å². The summed E-state index contributed by atoms with van der Waals surface area (Å²) in [7, 11) is 0. The van der Waals surface area contributed by atoms with Crippen LogP contribution in [0.25, 0.3) is 0 Å². The van der Waals surface area contributed by atoms with Crippen LogP contribution in [-0.2, 0) is 32.8 Å². The first-order valence-corrected chi connectivity index (χ1v) is 15.3. The van der Waals surface area contributed by atoms with Gasteiger partial charge in [-0.2, -0.15) is 0 Å². The summed E-state index contributed by atoms with van der Waals surface area (Å²) < 4.78 is 28.6. The third-order valence-electron chi connectivity index (χ3n) is 10.2. The number of aliphatic imine (C=N–C) groups is 1. The molecule has 4 aliphatic rings. The molecule has 3 aromatic rings. The molecule has 9 heteroatoms. The predicted octanol–water partition coefficient (Wildman–Crippen LogP) is 5.42. The fraction of sp³-hybridized carbons (Fsp3) is 0.371. The van der Waals surface area contributed by atoms with Crippen LogP contribution in [0.2, 0.25) is 0 Å². The van der Waals surface area contributed by atoms with Gasteiger partial charge >= 0.3 is 0 Å². The average Bonchev–Trinajstić information content (AvgIpc) is 3.71. The van der Waals surface area contributed by atoms with Crippen molar-refractivity contribution in [3.63, 3.8) is 0 Å². The van der Waals surface area contributed by atoms with Crippen LogP contribution in [-0.4, -0.2) is 40.5 Å². The van der Waals surface area contributed by atoms with Gasteiger partial charge in [-0.1, -0.05) is 49.2 Å². The molecule has 3 amide bonds. The van der Waals surface area contributed by atoms with E-state index in [0.29, 0.717) is 42.8 Å². The van der Waals surface area contributed by atoms with Crippen molar-refractivity contribution >= 4 is 29.2 Å². The summed E-state index contributed by atoms with van der Waals surface area (Å²) in [6.07, 6.45) is 5.40. The highest BCUT2D eigenvalue weighted by atomic mass is 19.1. The maximum absolute atomic E-state index is 14.3. The average molecular weight is 597 g/mol. The Hall–Kier alpha value is -4.40. The van der Waals surface area contributed by atoms with E-state index in [2.05, 4.69) is 10.6 Å². The normalized spacial score (nSPS) is 25.3. The van der Waals surface area contributed by atoms with Crippen molar-refractivity contribution in [2.45, 2.75) is 69.4 Å². The van der Waals surface area contributed by atoms with Crippen molar-refractivity contribution in [2.24, 2.45) is 10.4 Å². The van der Waals surface area contributed by atoms with E-state index in [1.165, 1.54) is 17.0 Å². The third-order valence-corrected chi connectivity index (χ3v) is 10.2. The van der Waals surface area contributed by atoms with E-state index >= 15 is 0 Å². The number of carbonyl (C=O) groups is 3. The summed E-state index contributed by atoms with van der Waals surface area (Å²) >= 11 is 0. The first kappa shape index (κ1) is 28.4. The molecule has 2 aliphatic carbocycles. The van der Waals surface area contributed by atoms with Gasteiger partial charge < -0.3 is 15.5 Å². The SMILES string of the molecule is C[C@@]1(c2cc(F)cc(F)c2)CCC2(CCCC2)C(=O)N1CC(=O)Nc1ccc2c(c1)CC1(C2)N=C(c2ccccc2)NC1=O. The van der Waals surface area contributed by atoms with Crippen molar-refractivity contribution in [1.29, 1.82) is 0 Å². The number of amidine groups is 1. The fourth-order valence-corrected chi connectivity index (χ4v) is 7.73. The molecule has 2 fully saturated rings. The molecule has 2 aliphatic heterocycles. The van der Waals surface area contributed by atoms with Crippen LogP contribution in [0.1, 0.15) is 67.7 Å². The molecule has 2 spiro atoms. The lowest BCUT2D eigenvalue weighted by Crippen LogP contribution is -2.59. The zero-order valence-electron chi connectivity index (χ0n) is 24.6. The second kappa shape index (κ2) is 10.4. The second-order valence-corrected chi connectivity index (χ2v) is 13.0. The highest BCUT2D eigenvalue weighted by molar-refractivity contribution is 6.15. The van der Waals surface area contributed by atoms with E-state index < -0.39 is 34.0 Å². The van der Waals surface area contributed by atoms with E-state index in [4.69, 9.17) is 4.99 Å². The number of halogens is 2. The molecule has 2 atom stereocenters. The number of likely N-dealkylation sites (tertiary alicyclic amines) is 1. The number of anilines is 1. The number of fused-ring (bicyclic) bond motifs is 1. The van der Waals surface area contributed by atoms with Crippen molar-refractivity contribution in [3.05, 3.63) is 101 Å². The molecule has 2 N–H and O–H groups in total. The Kier molecular flexibility index (Phi) is 6.68. The summed E-state index contributed by atoms with van der Waals surface area (Å²) in [4.78, 5) is 47.1. The lowest BCUT2D eigenvalue weighted by Gasteiger charge is -2.51. The van der Waals surface area contributed by atoms with Gasteiger partial charge in [-0.3, -0.25) is 19.4 Å². The number of nitrogens with one attached hydrogen (secondary N) is 2. The first-order chi connectivity index (χ1) is 21.1. The molecule has 1 saturated carbocycles. The number of rotatable bonds is 5. The minimum absolute atomic E-state index is 0.126. The summed E-state index contributed by atoms with van der Waals surface area (Å²) in [6.45, 7) is 1.54. The van der Waals surface area contributed by atoms with Gasteiger partial charge in [-0.15, -0.1) is 0 Å². The van der Waals surface area contributed by atoms with E-state index in [1.54, 1.807) is 13.0 Å². The summed E-state index contributed by atoms with van der Waals surface area (Å²) in [5.41, 5.74) is 1.16. The van der Waals surface area contributed by atoms with Crippen LogP contribution < -0.4 is 10.6 Å². The number of nitrogens with zero attached hydrogens (tertiary/aromatic N) is 2. The summed E-state index contributed by atoms with van der Waals surface area (Å²) in [5, 5.41) is 5.88. The van der Waals surface area contributed by atoms with E-state index in [9.17, 15) is 23.2 Å². The molecule has 0 radical (unpaired) electrons. The second-order valence-electron chi connectivity index (χ2n) is 13.0. The van der Waals surface area contributed by atoms with Crippen molar-refractivity contribution < 1.29 is 23.2 Å². The predicted molar refractivity (Wildman–Crippen MR) is 162 cm³/mol. The molecular formula is C35H34F2N4O3. The molecule has 1 saturated heterocycles. The van der Waals surface area contributed by atoms with Gasteiger partial charge in [0.1, 0.15) is 29.6 Å². The molecule has 44 heavy (non-hydrogen) atoms. The number of carbonyl (C=O) groups excluding carboxylic acids is 3. The fourth-order valence-electron chi connectivity index (χ4n) is 7.73. The molecule has 0 bridgehead atoms. The minimum Gasteiger partial charge on any atom is -0.325 e. The number of hydrogen-bond donors (Lipinski definition) is 2. The molecule has 7 rings (SSSR count). The van der Waals surface area contributed by atoms with Crippen molar-refractivity contribution in [1.82, 2.24) is 10.2 Å². The van der Waals surface area contributed by atoms with Crippen molar-refractivity contribution in [3.8, 4) is 0 Å². The van der Waals surface area contributed by atoms with E-state index in [0.717, 1.165) is 48.4 Å². The Labute approximate surface area is 254 Å². The van der Waals surface area contributed by atoms with Gasteiger partial charge in [0.15, 0.2) is 0 Å². The number of hydrogen-bond acceptors (Lipinski definition) is 4. The maximum Gasteiger partial charge on any atom is 0.254 e. The molecule has 2 heterocycles. The van der Waals surface area contributed by atoms with Crippen LogP contribution in [0.4, 0.5) is 14.5 Å². The highest BCUT2D eigenvalue weighted by Gasteiger charge is 2.54. The lowest BCUT2D eigenvalue weighted by atomic mass is 9.69. The zero-order chi connectivity index (χ0) is 30.7. The topological polar surface area (TPSA) is 90.9 Å². The van der Waals surface area contributed by atoms with Crippen LogP contribution in [0.5, 0.6) is 0 Å². The van der Waals surface area contributed by atoms with Crippen LogP contribution in [0, 0.1) is 17.0 Å². The van der Waals surface area contributed by atoms with Crippen LogP contribution in [0.15, 0.2) is 71.7 Å². The van der Waals surface area contributed by atoms with Gasteiger partial charge in [-0.05, 0) is 73.6 Å². The smallest absolute Gasteiger partial charge is 0.254 e. The quantitative estimate of drug-likeness (QED) is 0.413. The molecular weight excluding hydrogens is 562 g/mol. The number of benzene rings is 3. The lowest BCUT2D eigenvalue weighted by molar-refractivity contribution is -0.158. The molecule has 7 nitrogen and oxygen atoms in total. The molecule has 3 aromatic carbocycles. The highest BCUT2D eigenvalue weighted by Crippen LogP contribution is 2.52. The van der Waals surface area contributed by atoms with E-state index in [-0.39, 0.29) is 18.4 Å². The van der Waals surface area contributed by atoms with Gasteiger partial charge in [0.25, 0.3) is 5.91 Å². The van der Waals surface area contributed by atoms with Crippen molar-refractivity contribution in [2.75, 3.05) is 11.9 Å². The van der Waals surface area contributed by atoms with Gasteiger partial charge in [0, 0.05) is 35.6 Å². The Morgan fingerprint density at radius 1 is 0.909 bits per heavy atom. The van der Waals surface area contributed by atoms with E-state index in [1.807, 2.05) is 42.5 Å². The Bertz CT molecular complexity index is 1700. The third kappa shape index (κ3) is 4.69. The number of piperidine rings is 1. The largest absolute Gasteiger partial charge is 0.325 e.